The summed E-state index contributed by atoms with van der Waals surface area (Å²) in [7, 11) is 0. The summed E-state index contributed by atoms with van der Waals surface area (Å²) in [6.45, 7) is 3.88. The van der Waals surface area contributed by atoms with Gasteiger partial charge >= 0.3 is 0 Å². The van der Waals surface area contributed by atoms with Gasteiger partial charge in [0.05, 0.1) is 0 Å². The highest BCUT2D eigenvalue weighted by Crippen LogP contribution is 2.23. The number of aryl methyl sites for hydroxylation is 1. The van der Waals surface area contributed by atoms with E-state index < -0.39 is 0 Å². The van der Waals surface area contributed by atoms with Crippen LogP contribution in [0.5, 0.6) is 0 Å². The van der Waals surface area contributed by atoms with Crippen molar-refractivity contribution in [3.63, 3.8) is 0 Å². The van der Waals surface area contributed by atoms with E-state index in [0.717, 1.165) is 17.0 Å². The van der Waals surface area contributed by atoms with Crippen LogP contribution in [0, 0.1) is 6.92 Å². The Morgan fingerprint density at radius 2 is 1.93 bits per heavy atom. The lowest BCUT2D eigenvalue weighted by Crippen LogP contribution is -1.79. The molecule has 76 valence electrons. The van der Waals surface area contributed by atoms with Gasteiger partial charge in [-0.1, -0.05) is 36.4 Å². The summed E-state index contributed by atoms with van der Waals surface area (Å²) in [6.07, 6.45) is 3.78. The van der Waals surface area contributed by atoms with E-state index in [2.05, 4.69) is 4.98 Å². The lowest BCUT2D eigenvalue weighted by Gasteiger charge is -1.94. The fourth-order valence-electron chi connectivity index (χ4n) is 1.49. The molecule has 0 fully saturated rings. The molecule has 1 aromatic heterocycles. The third-order valence-corrected chi connectivity index (χ3v) is 2.17. The molecule has 0 unspecified atom stereocenters. The van der Waals surface area contributed by atoms with Gasteiger partial charge in [-0.05, 0) is 19.9 Å². The molecule has 2 rings (SSSR count). The Balaban J connectivity index is 2.45. The van der Waals surface area contributed by atoms with Crippen LogP contribution >= 0.6 is 0 Å². The van der Waals surface area contributed by atoms with Crippen LogP contribution in [0.3, 0.4) is 0 Å². The average Bonchev–Trinajstić information content (AvgIpc) is 2.61. The minimum Gasteiger partial charge on any atom is -0.441 e. The first-order chi connectivity index (χ1) is 7.31. The minimum absolute atomic E-state index is 0.661. The predicted molar refractivity (Wildman–Crippen MR) is 61.4 cm³/mol. The van der Waals surface area contributed by atoms with Crippen molar-refractivity contribution in [2.45, 2.75) is 13.8 Å². The third-order valence-electron chi connectivity index (χ3n) is 2.17. The van der Waals surface area contributed by atoms with Gasteiger partial charge in [0, 0.05) is 5.56 Å². The molecular formula is C13H13NO. The van der Waals surface area contributed by atoms with Gasteiger partial charge in [-0.15, -0.1) is 0 Å². The number of allylic oxidation sites excluding steroid dienone is 1. The minimum atomic E-state index is 0.661. The zero-order chi connectivity index (χ0) is 10.7. The van der Waals surface area contributed by atoms with Crippen molar-refractivity contribution < 1.29 is 4.42 Å². The molecule has 0 saturated carbocycles. The molecule has 0 aliphatic rings. The summed E-state index contributed by atoms with van der Waals surface area (Å²) in [6, 6.07) is 10.1. The molecule has 0 atom stereocenters. The van der Waals surface area contributed by atoms with Gasteiger partial charge in [0.15, 0.2) is 0 Å². The Morgan fingerprint density at radius 1 is 1.20 bits per heavy atom. The summed E-state index contributed by atoms with van der Waals surface area (Å²) in [4.78, 5) is 4.42. The monoisotopic (exact) mass is 199 g/mol. The number of hydrogen-bond donors (Lipinski definition) is 0. The van der Waals surface area contributed by atoms with E-state index in [1.165, 1.54) is 0 Å². The smallest absolute Gasteiger partial charge is 0.219 e. The molecule has 0 radical (unpaired) electrons. The van der Waals surface area contributed by atoms with E-state index in [4.69, 9.17) is 4.42 Å². The first-order valence-electron chi connectivity index (χ1n) is 4.97. The van der Waals surface area contributed by atoms with Crippen LogP contribution in [-0.2, 0) is 0 Å². The van der Waals surface area contributed by atoms with Crippen LogP contribution in [0.15, 0.2) is 40.8 Å². The van der Waals surface area contributed by atoms with Gasteiger partial charge < -0.3 is 4.42 Å². The number of rotatable bonds is 2. The van der Waals surface area contributed by atoms with Crippen molar-refractivity contribution in [3.8, 4) is 11.3 Å². The second-order valence-corrected chi connectivity index (χ2v) is 3.32. The van der Waals surface area contributed by atoms with Crippen LogP contribution in [0.25, 0.3) is 17.3 Å². The van der Waals surface area contributed by atoms with Crippen molar-refractivity contribution in [2.24, 2.45) is 0 Å². The summed E-state index contributed by atoms with van der Waals surface area (Å²) in [5.74, 6) is 1.52. The topological polar surface area (TPSA) is 26.0 Å². The second kappa shape index (κ2) is 4.13. The van der Waals surface area contributed by atoms with Crippen LogP contribution in [0.1, 0.15) is 18.6 Å². The highest BCUT2D eigenvalue weighted by Gasteiger charge is 2.08. The molecule has 0 spiro atoms. The molecule has 15 heavy (non-hydrogen) atoms. The highest BCUT2D eigenvalue weighted by atomic mass is 16.4. The van der Waals surface area contributed by atoms with Gasteiger partial charge in [0.25, 0.3) is 0 Å². The van der Waals surface area contributed by atoms with Crippen LogP contribution < -0.4 is 0 Å². The maximum atomic E-state index is 5.51. The highest BCUT2D eigenvalue weighted by molar-refractivity contribution is 5.62. The molecule has 0 saturated heterocycles. The van der Waals surface area contributed by atoms with Crippen LogP contribution in [-0.4, -0.2) is 4.98 Å². The number of aromatic nitrogens is 1. The molecule has 2 heteroatoms. The fraction of sp³-hybridized carbons (Fsp3) is 0.154. The van der Waals surface area contributed by atoms with Crippen molar-refractivity contribution in [1.82, 2.24) is 4.98 Å². The zero-order valence-corrected chi connectivity index (χ0v) is 8.90. The van der Waals surface area contributed by atoms with E-state index in [-0.39, 0.29) is 0 Å². The quantitative estimate of drug-likeness (QED) is 0.737. The van der Waals surface area contributed by atoms with Gasteiger partial charge in [-0.25, -0.2) is 4.98 Å². The molecule has 0 aliphatic carbocycles. The Hall–Kier alpha value is -1.83. The van der Waals surface area contributed by atoms with E-state index in [1.54, 1.807) is 0 Å². The molecule has 2 aromatic rings. The molecule has 0 aliphatic heterocycles. The number of nitrogens with zero attached hydrogens (tertiary/aromatic N) is 1. The Morgan fingerprint density at radius 3 is 2.60 bits per heavy atom. The largest absolute Gasteiger partial charge is 0.441 e. The fourth-order valence-corrected chi connectivity index (χ4v) is 1.49. The van der Waals surface area contributed by atoms with Gasteiger partial charge in [0.1, 0.15) is 11.5 Å². The van der Waals surface area contributed by atoms with Gasteiger partial charge in [-0.3, -0.25) is 0 Å². The molecule has 1 aromatic carbocycles. The van der Waals surface area contributed by atoms with E-state index in [1.807, 2.05) is 56.3 Å². The van der Waals surface area contributed by atoms with Gasteiger partial charge in [-0.2, -0.15) is 0 Å². The maximum absolute atomic E-state index is 5.51. The van der Waals surface area contributed by atoms with E-state index in [9.17, 15) is 0 Å². The molecule has 0 amide bonds. The molecule has 2 nitrogen and oxygen atoms in total. The second-order valence-electron chi connectivity index (χ2n) is 3.32. The van der Waals surface area contributed by atoms with Crippen LogP contribution in [0.2, 0.25) is 0 Å². The lowest BCUT2D eigenvalue weighted by molar-refractivity contribution is 0.517. The van der Waals surface area contributed by atoms with Crippen molar-refractivity contribution in [1.29, 1.82) is 0 Å². The lowest BCUT2D eigenvalue weighted by atomic mass is 10.1. The summed E-state index contributed by atoms with van der Waals surface area (Å²) in [5, 5.41) is 0. The molecular weight excluding hydrogens is 186 g/mol. The van der Waals surface area contributed by atoms with E-state index >= 15 is 0 Å². The number of oxazole rings is 1. The van der Waals surface area contributed by atoms with Crippen molar-refractivity contribution in [3.05, 3.63) is 48.1 Å². The van der Waals surface area contributed by atoms with E-state index in [0.29, 0.717) is 5.89 Å². The summed E-state index contributed by atoms with van der Waals surface area (Å²) >= 11 is 0. The Kier molecular flexibility index (Phi) is 2.68. The maximum Gasteiger partial charge on any atom is 0.219 e. The first kappa shape index (κ1) is 9.71. The summed E-state index contributed by atoms with van der Waals surface area (Å²) in [5.41, 5.74) is 2.01. The zero-order valence-electron chi connectivity index (χ0n) is 8.90. The van der Waals surface area contributed by atoms with Gasteiger partial charge in [0.2, 0.25) is 5.89 Å². The molecule has 0 bridgehead atoms. The Labute approximate surface area is 89.3 Å². The molecule has 0 N–H and O–H groups in total. The SMILES string of the molecule is CC=Cc1nc(-c2ccccc2)c(C)o1. The Bertz CT molecular complexity index is 469. The van der Waals surface area contributed by atoms with Crippen LogP contribution in [0.4, 0.5) is 0 Å². The third kappa shape index (κ3) is 1.99. The van der Waals surface area contributed by atoms with Crippen molar-refractivity contribution >= 4 is 6.08 Å². The predicted octanol–water partition coefficient (Wildman–Crippen LogP) is 3.68. The van der Waals surface area contributed by atoms with Crippen molar-refractivity contribution in [2.75, 3.05) is 0 Å². The average molecular weight is 199 g/mol. The normalized spacial score (nSPS) is 11.1. The number of hydrogen-bond acceptors (Lipinski definition) is 2. The summed E-state index contributed by atoms with van der Waals surface area (Å²) < 4.78 is 5.51. The molecule has 1 heterocycles. The standard InChI is InChI=1S/C13H13NO/c1-3-7-12-14-13(10(2)15-12)11-8-5-4-6-9-11/h3-9H,1-2H3. The first-order valence-corrected chi connectivity index (χ1v) is 4.97. The number of benzene rings is 1.